The van der Waals surface area contributed by atoms with Crippen molar-refractivity contribution in [3.63, 3.8) is 0 Å². The Morgan fingerprint density at radius 3 is 2.57 bits per heavy atom. The standard InChI is InChI=1S/C23H27N5O2/c1-2-13-30-23-26-21(25-18(15-29)14-17-9-5-3-6-10-17)20-22(27-23)28(16-24-20)19-11-7-4-8-12-19/h3-12,16,18,21,25,29H,2,13-15H2,1H3,(H,26,27)/t18?,21-/m0/s1. The van der Waals surface area contributed by atoms with E-state index in [-0.39, 0.29) is 12.6 Å². The third-order valence-corrected chi connectivity index (χ3v) is 4.94. The molecule has 1 unspecified atom stereocenters. The number of aliphatic imine (C=N–C) groups is 1. The van der Waals surface area contributed by atoms with E-state index in [9.17, 15) is 5.11 Å². The molecule has 0 fully saturated rings. The minimum atomic E-state index is -0.418. The van der Waals surface area contributed by atoms with E-state index >= 15 is 0 Å². The van der Waals surface area contributed by atoms with Crippen molar-refractivity contribution in [1.82, 2.24) is 14.9 Å². The molecule has 7 heteroatoms. The fraction of sp³-hybridized carbons (Fsp3) is 0.304. The van der Waals surface area contributed by atoms with E-state index in [1.165, 1.54) is 0 Å². The predicted molar refractivity (Wildman–Crippen MR) is 118 cm³/mol. The maximum Gasteiger partial charge on any atom is 0.292 e. The number of fused-ring (bicyclic) bond motifs is 1. The molecule has 1 aliphatic heterocycles. The first-order chi connectivity index (χ1) is 14.8. The van der Waals surface area contributed by atoms with Gasteiger partial charge < -0.3 is 9.84 Å². The molecule has 2 aromatic carbocycles. The molecule has 0 saturated carbocycles. The number of ether oxygens (including phenoxy) is 1. The van der Waals surface area contributed by atoms with Crippen molar-refractivity contribution in [2.24, 2.45) is 4.99 Å². The van der Waals surface area contributed by atoms with Gasteiger partial charge in [0, 0.05) is 11.7 Å². The van der Waals surface area contributed by atoms with E-state index in [1.807, 2.05) is 53.1 Å². The Kier molecular flexibility index (Phi) is 6.41. The maximum absolute atomic E-state index is 9.97. The number of aliphatic hydroxyl groups is 1. The number of nitrogens with one attached hydrogen (secondary N) is 2. The Morgan fingerprint density at radius 1 is 1.13 bits per heavy atom. The van der Waals surface area contributed by atoms with Crippen molar-refractivity contribution in [2.75, 3.05) is 18.5 Å². The lowest BCUT2D eigenvalue weighted by Gasteiger charge is -2.26. The molecule has 3 aromatic rings. The summed E-state index contributed by atoms with van der Waals surface area (Å²) in [6.45, 7) is 2.62. The molecule has 2 heterocycles. The third kappa shape index (κ3) is 4.53. The van der Waals surface area contributed by atoms with Gasteiger partial charge in [0.2, 0.25) is 0 Å². The van der Waals surface area contributed by atoms with Gasteiger partial charge in [-0.05, 0) is 30.5 Å². The fourth-order valence-electron chi connectivity index (χ4n) is 3.47. The highest BCUT2D eigenvalue weighted by atomic mass is 16.5. The molecule has 0 aliphatic carbocycles. The van der Waals surface area contributed by atoms with Crippen molar-refractivity contribution >= 4 is 11.8 Å². The van der Waals surface area contributed by atoms with Crippen molar-refractivity contribution in [3.8, 4) is 5.69 Å². The zero-order valence-corrected chi connectivity index (χ0v) is 17.0. The number of rotatable bonds is 8. The summed E-state index contributed by atoms with van der Waals surface area (Å²) in [6, 6.07) is 20.4. The zero-order valence-electron chi connectivity index (χ0n) is 17.0. The summed E-state index contributed by atoms with van der Waals surface area (Å²) < 4.78 is 7.79. The monoisotopic (exact) mass is 405 g/mol. The average Bonchev–Trinajstić information content (AvgIpc) is 3.23. The number of benzene rings is 2. The van der Waals surface area contributed by atoms with Crippen LogP contribution in [0.1, 0.15) is 30.8 Å². The topological polar surface area (TPSA) is 83.7 Å². The molecule has 0 amide bonds. The number of para-hydroxylation sites is 1. The second-order valence-corrected chi connectivity index (χ2v) is 7.23. The molecule has 156 valence electrons. The van der Waals surface area contributed by atoms with Gasteiger partial charge in [-0.2, -0.15) is 0 Å². The minimum Gasteiger partial charge on any atom is -0.465 e. The second kappa shape index (κ2) is 9.56. The number of hydrogen-bond donors (Lipinski definition) is 3. The summed E-state index contributed by atoms with van der Waals surface area (Å²) in [5, 5.41) is 16.7. The van der Waals surface area contributed by atoms with E-state index < -0.39 is 6.17 Å². The average molecular weight is 406 g/mol. The highest BCUT2D eigenvalue weighted by molar-refractivity contribution is 5.91. The lowest BCUT2D eigenvalue weighted by atomic mass is 10.1. The molecule has 2 atom stereocenters. The van der Waals surface area contributed by atoms with Crippen molar-refractivity contribution in [1.29, 1.82) is 0 Å². The van der Waals surface area contributed by atoms with E-state index in [2.05, 4.69) is 39.7 Å². The van der Waals surface area contributed by atoms with Gasteiger partial charge in [0.15, 0.2) is 6.17 Å². The van der Waals surface area contributed by atoms with E-state index in [4.69, 9.17) is 4.74 Å². The van der Waals surface area contributed by atoms with Crippen LogP contribution in [-0.4, -0.2) is 39.9 Å². The van der Waals surface area contributed by atoms with Crippen LogP contribution in [0, 0.1) is 0 Å². The van der Waals surface area contributed by atoms with E-state index in [1.54, 1.807) is 6.33 Å². The van der Waals surface area contributed by atoms with Crippen LogP contribution < -0.4 is 10.6 Å². The van der Waals surface area contributed by atoms with Gasteiger partial charge in [-0.3, -0.25) is 15.2 Å². The molecular formula is C23H27N5O2. The molecule has 1 aromatic heterocycles. The number of anilines is 1. The third-order valence-electron chi connectivity index (χ3n) is 4.94. The van der Waals surface area contributed by atoms with Gasteiger partial charge in [-0.25, -0.2) is 9.98 Å². The largest absolute Gasteiger partial charge is 0.465 e. The summed E-state index contributed by atoms with van der Waals surface area (Å²) in [5.74, 6) is 0.816. The number of hydrogen-bond acceptors (Lipinski definition) is 6. The van der Waals surface area contributed by atoms with Crippen LogP contribution in [-0.2, 0) is 11.2 Å². The lowest BCUT2D eigenvalue weighted by molar-refractivity contribution is 0.228. The summed E-state index contributed by atoms with van der Waals surface area (Å²) in [4.78, 5) is 9.30. The minimum absolute atomic E-state index is 0.00573. The number of imidazole rings is 1. The quantitative estimate of drug-likeness (QED) is 0.536. The first-order valence-electron chi connectivity index (χ1n) is 10.3. The highest BCUT2D eigenvalue weighted by Crippen LogP contribution is 2.30. The second-order valence-electron chi connectivity index (χ2n) is 7.23. The zero-order chi connectivity index (χ0) is 20.8. The smallest absolute Gasteiger partial charge is 0.292 e. The molecular weight excluding hydrogens is 378 g/mol. The molecule has 1 aliphatic rings. The normalized spacial score (nSPS) is 16.3. The van der Waals surface area contributed by atoms with Crippen LogP contribution in [0.2, 0.25) is 0 Å². The molecule has 4 rings (SSSR count). The van der Waals surface area contributed by atoms with Crippen LogP contribution >= 0.6 is 0 Å². The van der Waals surface area contributed by atoms with Gasteiger partial charge in [-0.15, -0.1) is 0 Å². The first kappa shape index (κ1) is 20.1. The lowest BCUT2D eigenvalue weighted by Crippen LogP contribution is -2.39. The SMILES string of the molecule is CCCOC1=N[C@H](NC(CO)Cc2ccccc2)c2ncn(-c3ccccc3)c2N1. The van der Waals surface area contributed by atoms with Gasteiger partial charge in [0.1, 0.15) is 17.8 Å². The molecule has 0 saturated heterocycles. The van der Waals surface area contributed by atoms with E-state index in [0.29, 0.717) is 19.0 Å². The van der Waals surface area contributed by atoms with Gasteiger partial charge >= 0.3 is 0 Å². The Hall–Kier alpha value is -3.16. The summed E-state index contributed by atoms with van der Waals surface area (Å²) in [6.07, 6.45) is 2.94. The van der Waals surface area contributed by atoms with Crippen LogP contribution in [0.5, 0.6) is 0 Å². The molecule has 7 nitrogen and oxygen atoms in total. The van der Waals surface area contributed by atoms with Gasteiger partial charge in [0.25, 0.3) is 6.02 Å². The highest BCUT2D eigenvalue weighted by Gasteiger charge is 2.29. The first-order valence-corrected chi connectivity index (χ1v) is 10.3. The van der Waals surface area contributed by atoms with Gasteiger partial charge in [0.05, 0.1) is 13.2 Å². The molecule has 0 bridgehead atoms. The Bertz CT molecular complexity index is 972. The summed E-state index contributed by atoms with van der Waals surface area (Å²) in [5.41, 5.74) is 2.92. The van der Waals surface area contributed by atoms with Crippen LogP contribution in [0.15, 0.2) is 72.0 Å². The van der Waals surface area contributed by atoms with Crippen LogP contribution in [0.25, 0.3) is 5.69 Å². The number of aromatic nitrogens is 2. The van der Waals surface area contributed by atoms with Crippen LogP contribution in [0.3, 0.4) is 0 Å². The molecule has 0 radical (unpaired) electrons. The van der Waals surface area contributed by atoms with Crippen molar-refractivity contribution < 1.29 is 9.84 Å². The van der Waals surface area contributed by atoms with E-state index in [0.717, 1.165) is 29.2 Å². The van der Waals surface area contributed by atoms with Crippen molar-refractivity contribution in [3.05, 3.63) is 78.2 Å². The summed E-state index contributed by atoms with van der Waals surface area (Å²) >= 11 is 0. The number of nitrogens with zero attached hydrogens (tertiary/aromatic N) is 3. The Balaban J connectivity index is 1.61. The van der Waals surface area contributed by atoms with Crippen LogP contribution in [0.4, 0.5) is 5.82 Å². The van der Waals surface area contributed by atoms with Gasteiger partial charge in [-0.1, -0.05) is 55.5 Å². The molecule has 30 heavy (non-hydrogen) atoms. The fourth-order valence-corrected chi connectivity index (χ4v) is 3.47. The maximum atomic E-state index is 9.97. The van der Waals surface area contributed by atoms with Crippen molar-refractivity contribution in [2.45, 2.75) is 32.0 Å². The molecule has 0 spiro atoms. The number of aliphatic hydroxyl groups excluding tert-OH is 1. The predicted octanol–water partition coefficient (Wildman–Crippen LogP) is 3.27. The Labute approximate surface area is 176 Å². The molecule has 3 N–H and O–H groups in total. The number of amidine groups is 1. The summed E-state index contributed by atoms with van der Waals surface area (Å²) in [7, 11) is 0. The Morgan fingerprint density at radius 2 is 1.87 bits per heavy atom.